The molecule has 0 saturated carbocycles. The van der Waals surface area contributed by atoms with Crippen LogP contribution in [0.2, 0.25) is 0 Å². The molecule has 4 rings (SSSR count). The molecule has 4 aromatic carbocycles. The van der Waals surface area contributed by atoms with Crippen molar-refractivity contribution in [3.8, 4) is 0 Å². The van der Waals surface area contributed by atoms with Crippen LogP contribution >= 0.6 is 0 Å². The summed E-state index contributed by atoms with van der Waals surface area (Å²) < 4.78 is 5.24. The zero-order chi connectivity index (χ0) is 26.0. The Labute approximate surface area is 216 Å². The van der Waals surface area contributed by atoms with Gasteiger partial charge in [-0.3, -0.25) is 9.59 Å². The van der Waals surface area contributed by atoms with Gasteiger partial charge in [0.25, 0.3) is 5.91 Å². The number of hydrogen-bond acceptors (Lipinski definition) is 4. The zero-order valence-electron chi connectivity index (χ0n) is 20.8. The van der Waals surface area contributed by atoms with E-state index in [0.29, 0.717) is 29.8 Å². The summed E-state index contributed by atoms with van der Waals surface area (Å²) in [4.78, 5) is 38.8. The van der Waals surface area contributed by atoms with Crippen LogP contribution in [0.5, 0.6) is 0 Å². The maximum absolute atomic E-state index is 13.3. The first-order valence-electron chi connectivity index (χ1n) is 12.5. The van der Waals surface area contributed by atoms with Crippen molar-refractivity contribution in [1.29, 1.82) is 0 Å². The summed E-state index contributed by atoms with van der Waals surface area (Å²) in [7, 11) is 0. The largest absolute Gasteiger partial charge is 0.462 e. The van der Waals surface area contributed by atoms with E-state index in [4.69, 9.17) is 4.74 Å². The van der Waals surface area contributed by atoms with Crippen LogP contribution in [0.25, 0.3) is 10.8 Å². The van der Waals surface area contributed by atoms with E-state index >= 15 is 0 Å². The van der Waals surface area contributed by atoms with Crippen LogP contribution in [-0.4, -0.2) is 30.4 Å². The molecule has 0 saturated heterocycles. The van der Waals surface area contributed by atoms with Crippen molar-refractivity contribution in [2.45, 2.75) is 32.2 Å². The Hall–Kier alpha value is -4.45. The van der Waals surface area contributed by atoms with Crippen molar-refractivity contribution in [2.75, 3.05) is 11.9 Å². The Morgan fingerprint density at radius 3 is 2.27 bits per heavy atom. The number of benzene rings is 4. The second-order valence-corrected chi connectivity index (χ2v) is 8.80. The molecule has 37 heavy (non-hydrogen) atoms. The molecule has 2 amide bonds. The van der Waals surface area contributed by atoms with Crippen molar-refractivity contribution >= 4 is 34.2 Å². The number of ether oxygens (including phenoxy) is 1. The lowest BCUT2D eigenvalue weighted by Gasteiger charge is -2.19. The maximum atomic E-state index is 13.3. The lowest BCUT2D eigenvalue weighted by Crippen LogP contribution is -2.45. The first kappa shape index (κ1) is 25.6. The molecule has 0 radical (unpaired) electrons. The van der Waals surface area contributed by atoms with E-state index in [2.05, 4.69) is 10.6 Å². The topological polar surface area (TPSA) is 84.5 Å². The van der Waals surface area contributed by atoms with E-state index in [9.17, 15) is 14.4 Å². The fraction of sp³-hybridized carbons (Fsp3) is 0.194. The van der Waals surface area contributed by atoms with Gasteiger partial charge in [0, 0.05) is 17.7 Å². The predicted octanol–water partition coefficient (Wildman–Crippen LogP) is 5.78. The Kier molecular flexibility index (Phi) is 8.66. The fourth-order valence-corrected chi connectivity index (χ4v) is 4.03. The van der Waals surface area contributed by atoms with Crippen LogP contribution in [0.15, 0.2) is 97.1 Å². The van der Waals surface area contributed by atoms with Crippen molar-refractivity contribution in [2.24, 2.45) is 0 Å². The molecule has 0 bridgehead atoms. The Bertz CT molecular complexity index is 1360. The SMILES string of the molecule is CCCCOC(=O)c1ccc(NC(=O)C(Cc2ccccc2)NC(=O)c2cccc3ccccc23)cc1. The number of fused-ring (bicyclic) bond motifs is 1. The molecule has 1 unspecified atom stereocenters. The van der Waals surface area contributed by atoms with E-state index in [1.54, 1.807) is 30.3 Å². The number of anilines is 1. The third-order valence-corrected chi connectivity index (χ3v) is 6.06. The molecule has 0 aromatic heterocycles. The fourth-order valence-electron chi connectivity index (χ4n) is 4.03. The Balaban J connectivity index is 1.50. The minimum absolute atomic E-state index is 0.321. The molecule has 0 aliphatic rings. The maximum Gasteiger partial charge on any atom is 0.338 e. The van der Waals surface area contributed by atoms with Crippen LogP contribution in [0.4, 0.5) is 5.69 Å². The molecular weight excluding hydrogens is 464 g/mol. The van der Waals surface area contributed by atoms with Crippen LogP contribution in [0.3, 0.4) is 0 Å². The molecule has 0 aliphatic carbocycles. The summed E-state index contributed by atoms with van der Waals surface area (Å²) in [6.45, 7) is 2.41. The second-order valence-electron chi connectivity index (χ2n) is 8.80. The van der Waals surface area contributed by atoms with Gasteiger partial charge in [0.15, 0.2) is 0 Å². The lowest BCUT2D eigenvalue weighted by molar-refractivity contribution is -0.118. The summed E-state index contributed by atoms with van der Waals surface area (Å²) in [6, 6.07) is 28.5. The highest BCUT2D eigenvalue weighted by Gasteiger charge is 2.23. The summed E-state index contributed by atoms with van der Waals surface area (Å²) in [5, 5.41) is 7.57. The molecular formula is C31H30N2O4. The molecule has 2 N–H and O–H groups in total. The highest BCUT2D eigenvalue weighted by molar-refractivity contribution is 6.09. The van der Waals surface area contributed by atoms with E-state index in [-0.39, 0.29) is 11.8 Å². The quantitative estimate of drug-likeness (QED) is 0.216. The van der Waals surface area contributed by atoms with Crippen molar-refractivity contribution in [1.82, 2.24) is 5.32 Å². The van der Waals surface area contributed by atoms with E-state index in [0.717, 1.165) is 29.2 Å². The lowest BCUT2D eigenvalue weighted by atomic mass is 10.0. The smallest absolute Gasteiger partial charge is 0.338 e. The third kappa shape index (κ3) is 6.82. The monoisotopic (exact) mass is 494 g/mol. The number of nitrogens with one attached hydrogen (secondary N) is 2. The predicted molar refractivity (Wildman–Crippen MR) is 146 cm³/mol. The molecule has 0 heterocycles. The van der Waals surface area contributed by atoms with Crippen LogP contribution in [0.1, 0.15) is 46.0 Å². The summed E-state index contributed by atoms with van der Waals surface area (Å²) in [5.41, 5.74) is 2.37. The van der Waals surface area contributed by atoms with Crippen LogP contribution in [-0.2, 0) is 16.0 Å². The average Bonchev–Trinajstić information content (AvgIpc) is 2.93. The van der Waals surface area contributed by atoms with Crippen molar-refractivity contribution in [3.05, 3.63) is 114 Å². The molecule has 1 atom stereocenters. The normalized spacial score (nSPS) is 11.5. The Morgan fingerprint density at radius 2 is 1.51 bits per heavy atom. The molecule has 0 spiro atoms. The summed E-state index contributed by atoms with van der Waals surface area (Å²) in [5.74, 6) is -1.07. The molecule has 6 nitrogen and oxygen atoms in total. The highest BCUT2D eigenvalue weighted by Crippen LogP contribution is 2.19. The number of rotatable bonds is 10. The highest BCUT2D eigenvalue weighted by atomic mass is 16.5. The zero-order valence-corrected chi connectivity index (χ0v) is 20.8. The minimum atomic E-state index is -0.812. The van der Waals surface area contributed by atoms with Gasteiger partial charge in [-0.1, -0.05) is 80.1 Å². The number of amides is 2. The van der Waals surface area contributed by atoms with Gasteiger partial charge < -0.3 is 15.4 Å². The van der Waals surface area contributed by atoms with Crippen LogP contribution in [0, 0.1) is 0 Å². The van der Waals surface area contributed by atoms with Gasteiger partial charge in [-0.2, -0.15) is 0 Å². The first-order chi connectivity index (χ1) is 18.0. The van der Waals surface area contributed by atoms with Gasteiger partial charge >= 0.3 is 5.97 Å². The molecule has 188 valence electrons. The number of carbonyl (C=O) groups is 3. The first-order valence-corrected chi connectivity index (χ1v) is 12.5. The standard InChI is InChI=1S/C31H30N2O4/c1-2-3-20-37-31(36)24-16-18-25(19-17-24)32-30(35)28(21-22-10-5-4-6-11-22)33-29(34)27-15-9-13-23-12-7-8-14-26(23)27/h4-19,28H,2-3,20-21H2,1H3,(H,32,35)(H,33,34). The van der Waals surface area contributed by atoms with Crippen molar-refractivity contribution < 1.29 is 19.1 Å². The molecule has 0 aliphatic heterocycles. The number of esters is 1. The van der Waals surface area contributed by atoms with E-state index in [1.807, 2.05) is 73.7 Å². The van der Waals surface area contributed by atoms with Crippen LogP contribution < -0.4 is 10.6 Å². The molecule has 4 aromatic rings. The Morgan fingerprint density at radius 1 is 0.811 bits per heavy atom. The average molecular weight is 495 g/mol. The van der Waals surface area contributed by atoms with Gasteiger partial charge in [0.2, 0.25) is 5.91 Å². The minimum Gasteiger partial charge on any atom is -0.462 e. The summed E-state index contributed by atoms with van der Waals surface area (Å²) in [6.07, 6.45) is 2.08. The van der Waals surface area contributed by atoms with Gasteiger partial charge in [-0.15, -0.1) is 0 Å². The number of hydrogen-bond donors (Lipinski definition) is 2. The van der Waals surface area contributed by atoms with E-state index in [1.165, 1.54) is 0 Å². The summed E-state index contributed by atoms with van der Waals surface area (Å²) >= 11 is 0. The number of unbranched alkanes of at least 4 members (excludes halogenated alkanes) is 1. The molecule has 0 fully saturated rings. The molecule has 6 heteroatoms. The number of carbonyl (C=O) groups excluding carboxylic acids is 3. The third-order valence-electron chi connectivity index (χ3n) is 6.06. The van der Waals surface area contributed by atoms with Gasteiger partial charge in [-0.05, 0) is 53.1 Å². The van der Waals surface area contributed by atoms with Gasteiger partial charge in [-0.25, -0.2) is 4.79 Å². The second kappa shape index (κ2) is 12.5. The van der Waals surface area contributed by atoms with Gasteiger partial charge in [0.05, 0.1) is 12.2 Å². The van der Waals surface area contributed by atoms with Gasteiger partial charge in [0.1, 0.15) is 6.04 Å². The van der Waals surface area contributed by atoms with Crippen molar-refractivity contribution in [3.63, 3.8) is 0 Å². The van der Waals surface area contributed by atoms with E-state index < -0.39 is 12.0 Å².